The first-order valence-electron chi connectivity index (χ1n) is 6.48. The lowest BCUT2D eigenvalue weighted by Gasteiger charge is -2.29. The molecule has 1 aromatic carbocycles. The Labute approximate surface area is 116 Å². The highest BCUT2D eigenvalue weighted by atomic mass is 19.4. The van der Waals surface area contributed by atoms with Gasteiger partial charge in [-0.15, -0.1) is 13.2 Å². The molecule has 1 aromatic rings. The van der Waals surface area contributed by atoms with Crippen molar-refractivity contribution in [2.45, 2.75) is 45.1 Å². The Balaban J connectivity index is 2.67. The molecule has 0 heterocycles. The van der Waals surface area contributed by atoms with Crippen LogP contribution >= 0.6 is 0 Å². The first-order valence-corrected chi connectivity index (χ1v) is 6.48. The molecule has 6 heteroatoms. The number of rotatable bonds is 7. The lowest BCUT2D eigenvalue weighted by Crippen LogP contribution is -2.42. The van der Waals surface area contributed by atoms with Gasteiger partial charge in [-0.1, -0.05) is 19.1 Å². The van der Waals surface area contributed by atoms with E-state index in [-0.39, 0.29) is 17.9 Å². The van der Waals surface area contributed by atoms with Crippen LogP contribution < -0.4 is 10.1 Å². The summed E-state index contributed by atoms with van der Waals surface area (Å²) in [6, 6.07) is 5.87. The van der Waals surface area contributed by atoms with Gasteiger partial charge < -0.3 is 15.2 Å². The molecule has 0 saturated heterocycles. The zero-order valence-electron chi connectivity index (χ0n) is 11.6. The molecular formula is C14H20F3NO2. The highest BCUT2D eigenvalue weighted by Crippen LogP contribution is 2.23. The van der Waals surface area contributed by atoms with Crippen LogP contribution in [0.2, 0.25) is 0 Å². The Bertz CT molecular complexity index is 423. The van der Waals surface area contributed by atoms with Gasteiger partial charge in [-0.2, -0.15) is 0 Å². The van der Waals surface area contributed by atoms with E-state index in [0.29, 0.717) is 18.5 Å². The largest absolute Gasteiger partial charge is 0.573 e. The topological polar surface area (TPSA) is 41.5 Å². The minimum Gasteiger partial charge on any atom is -0.406 e. The first-order chi connectivity index (χ1) is 9.28. The van der Waals surface area contributed by atoms with Gasteiger partial charge in [0, 0.05) is 18.7 Å². The van der Waals surface area contributed by atoms with Crippen LogP contribution in [0.3, 0.4) is 0 Å². The maximum Gasteiger partial charge on any atom is 0.573 e. The summed E-state index contributed by atoms with van der Waals surface area (Å²) in [7, 11) is 0. The second-order valence-electron chi connectivity index (χ2n) is 4.94. The van der Waals surface area contributed by atoms with Crippen LogP contribution in [0.4, 0.5) is 13.2 Å². The van der Waals surface area contributed by atoms with Crippen LogP contribution in [0.15, 0.2) is 24.3 Å². The Kier molecular flexibility index (Phi) is 5.83. The molecule has 0 fully saturated rings. The molecule has 0 aliphatic heterocycles. The molecule has 0 aliphatic rings. The summed E-state index contributed by atoms with van der Waals surface area (Å²) in [5.41, 5.74) is 0.458. The third kappa shape index (κ3) is 5.79. The number of nitrogens with one attached hydrogen (secondary N) is 1. The summed E-state index contributed by atoms with van der Waals surface area (Å²) in [5.74, 6) is -0.225. The lowest BCUT2D eigenvalue weighted by atomic mass is 9.94. The van der Waals surface area contributed by atoms with Crippen molar-refractivity contribution in [1.82, 2.24) is 5.32 Å². The van der Waals surface area contributed by atoms with E-state index >= 15 is 0 Å². The summed E-state index contributed by atoms with van der Waals surface area (Å²) in [6.45, 7) is 4.44. The minimum absolute atomic E-state index is 0.0641. The first kappa shape index (κ1) is 16.8. The van der Waals surface area contributed by atoms with E-state index in [1.54, 1.807) is 6.07 Å². The number of hydrogen-bond acceptors (Lipinski definition) is 3. The highest BCUT2D eigenvalue weighted by Gasteiger charge is 2.31. The number of benzene rings is 1. The zero-order chi connectivity index (χ0) is 15.2. The van der Waals surface area contributed by atoms with E-state index in [4.69, 9.17) is 5.11 Å². The standard InChI is InChI=1S/C14H20F3NO2/c1-3-13(2,7-8-19)18-10-11-5-4-6-12(9-11)20-14(15,16)17/h4-6,9,18-19H,3,7-8,10H2,1-2H3. The predicted molar refractivity (Wildman–Crippen MR) is 70.4 cm³/mol. The van der Waals surface area contributed by atoms with Crippen LogP contribution in [0.25, 0.3) is 0 Å². The van der Waals surface area contributed by atoms with Crippen molar-refractivity contribution < 1.29 is 23.0 Å². The van der Waals surface area contributed by atoms with Gasteiger partial charge in [-0.3, -0.25) is 0 Å². The lowest BCUT2D eigenvalue weighted by molar-refractivity contribution is -0.274. The van der Waals surface area contributed by atoms with Crippen molar-refractivity contribution in [2.75, 3.05) is 6.61 Å². The molecule has 114 valence electrons. The van der Waals surface area contributed by atoms with Crippen molar-refractivity contribution in [1.29, 1.82) is 0 Å². The van der Waals surface area contributed by atoms with Gasteiger partial charge in [0.25, 0.3) is 0 Å². The summed E-state index contributed by atoms with van der Waals surface area (Å²) in [4.78, 5) is 0. The van der Waals surface area contributed by atoms with Crippen molar-refractivity contribution in [3.63, 3.8) is 0 Å². The molecule has 1 rings (SSSR count). The molecule has 1 atom stereocenters. The second kappa shape index (κ2) is 6.95. The number of aliphatic hydroxyl groups is 1. The Morgan fingerprint density at radius 3 is 2.55 bits per heavy atom. The fourth-order valence-electron chi connectivity index (χ4n) is 1.80. The molecule has 0 aliphatic carbocycles. The van der Waals surface area contributed by atoms with Gasteiger partial charge in [0.1, 0.15) is 5.75 Å². The number of aliphatic hydroxyl groups excluding tert-OH is 1. The van der Waals surface area contributed by atoms with Crippen LogP contribution in [0.5, 0.6) is 5.75 Å². The highest BCUT2D eigenvalue weighted by molar-refractivity contribution is 5.28. The Hall–Kier alpha value is -1.27. The van der Waals surface area contributed by atoms with E-state index < -0.39 is 6.36 Å². The molecule has 0 aromatic heterocycles. The molecule has 3 nitrogen and oxygen atoms in total. The van der Waals surface area contributed by atoms with Gasteiger partial charge in [0.2, 0.25) is 0 Å². The third-order valence-electron chi connectivity index (χ3n) is 3.30. The number of hydrogen-bond donors (Lipinski definition) is 2. The van der Waals surface area contributed by atoms with Gasteiger partial charge in [-0.05, 0) is 37.5 Å². The SMILES string of the molecule is CCC(C)(CCO)NCc1cccc(OC(F)(F)F)c1. The minimum atomic E-state index is -4.68. The van der Waals surface area contributed by atoms with Crippen LogP contribution in [0.1, 0.15) is 32.3 Å². The molecule has 20 heavy (non-hydrogen) atoms. The van der Waals surface area contributed by atoms with E-state index in [0.717, 1.165) is 6.42 Å². The van der Waals surface area contributed by atoms with Crippen LogP contribution in [-0.2, 0) is 6.54 Å². The summed E-state index contributed by atoms with van der Waals surface area (Å²) >= 11 is 0. The van der Waals surface area contributed by atoms with Crippen LogP contribution in [0, 0.1) is 0 Å². The van der Waals surface area contributed by atoms with Gasteiger partial charge >= 0.3 is 6.36 Å². The zero-order valence-corrected chi connectivity index (χ0v) is 11.6. The summed E-state index contributed by atoms with van der Waals surface area (Å²) in [6.07, 6.45) is -3.28. The Morgan fingerprint density at radius 2 is 2.00 bits per heavy atom. The predicted octanol–water partition coefficient (Wildman–Crippen LogP) is 3.23. The average Bonchev–Trinajstić information content (AvgIpc) is 2.35. The van der Waals surface area contributed by atoms with Crippen molar-refractivity contribution in [2.24, 2.45) is 0 Å². The molecule has 1 unspecified atom stereocenters. The molecule has 2 N–H and O–H groups in total. The van der Waals surface area contributed by atoms with E-state index in [1.807, 2.05) is 13.8 Å². The summed E-state index contributed by atoms with van der Waals surface area (Å²) < 4.78 is 40.3. The summed E-state index contributed by atoms with van der Waals surface area (Å²) in [5, 5.41) is 12.3. The molecule has 0 radical (unpaired) electrons. The van der Waals surface area contributed by atoms with Crippen molar-refractivity contribution in [3.05, 3.63) is 29.8 Å². The third-order valence-corrected chi connectivity index (χ3v) is 3.30. The smallest absolute Gasteiger partial charge is 0.406 e. The monoisotopic (exact) mass is 291 g/mol. The van der Waals surface area contributed by atoms with Gasteiger partial charge in [-0.25, -0.2) is 0 Å². The van der Waals surface area contributed by atoms with Crippen molar-refractivity contribution >= 4 is 0 Å². The number of halogens is 3. The fourth-order valence-corrected chi connectivity index (χ4v) is 1.80. The van der Waals surface area contributed by atoms with Gasteiger partial charge in [0.15, 0.2) is 0 Å². The fraction of sp³-hybridized carbons (Fsp3) is 0.571. The van der Waals surface area contributed by atoms with Crippen LogP contribution in [-0.4, -0.2) is 23.6 Å². The molecule has 0 bridgehead atoms. The van der Waals surface area contributed by atoms with E-state index in [2.05, 4.69) is 10.1 Å². The van der Waals surface area contributed by atoms with Gasteiger partial charge in [0.05, 0.1) is 0 Å². The molecule has 0 spiro atoms. The maximum absolute atomic E-state index is 12.1. The van der Waals surface area contributed by atoms with E-state index in [9.17, 15) is 13.2 Å². The second-order valence-corrected chi connectivity index (χ2v) is 4.94. The average molecular weight is 291 g/mol. The molecular weight excluding hydrogens is 271 g/mol. The molecule has 0 amide bonds. The number of ether oxygens (including phenoxy) is 1. The maximum atomic E-state index is 12.1. The normalized spacial score (nSPS) is 14.9. The number of alkyl halides is 3. The molecule has 0 saturated carbocycles. The van der Waals surface area contributed by atoms with Crippen molar-refractivity contribution in [3.8, 4) is 5.75 Å². The Morgan fingerprint density at radius 1 is 1.30 bits per heavy atom. The quantitative estimate of drug-likeness (QED) is 0.810. The van der Waals surface area contributed by atoms with E-state index in [1.165, 1.54) is 18.2 Å².